The summed E-state index contributed by atoms with van der Waals surface area (Å²) in [5, 5.41) is 2.53. The third kappa shape index (κ3) is 4.65. The van der Waals surface area contributed by atoms with Gasteiger partial charge in [-0.25, -0.2) is 0 Å². The maximum atomic E-state index is 11.9. The molecule has 0 fully saturated rings. The van der Waals surface area contributed by atoms with Gasteiger partial charge in [0.1, 0.15) is 5.75 Å². The van der Waals surface area contributed by atoms with Crippen molar-refractivity contribution in [3.05, 3.63) is 29.8 Å². The second-order valence-electron chi connectivity index (χ2n) is 3.92. The van der Waals surface area contributed by atoms with Gasteiger partial charge in [0.25, 0.3) is 5.91 Å². The van der Waals surface area contributed by atoms with Crippen molar-refractivity contribution in [2.75, 3.05) is 0 Å². The van der Waals surface area contributed by atoms with Crippen molar-refractivity contribution in [3.8, 4) is 5.75 Å². The number of amides is 1. The molecule has 0 radical (unpaired) electrons. The average molecular weight is 271 g/mol. The summed E-state index contributed by atoms with van der Waals surface area (Å²) in [5.41, 5.74) is 0.275. The number of carbonyl (C=O) groups is 2. The molecule has 104 valence electrons. The fourth-order valence-electron chi connectivity index (χ4n) is 1.45. The van der Waals surface area contributed by atoms with Gasteiger partial charge in [-0.2, -0.15) is 8.78 Å². The Kier molecular flexibility index (Phi) is 5.41. The zero-order chi connectivity index (χ0) is 14.4. The first-order valence-electron chi connectivity index (χ1n) is 5.82. The molecule has 1 rings (SSSR count). The fourth-order valence-corrected chi connectivity index (χ4v) is 1.45. The molecule has 6 heteroatoms. The van der Waals surface area contributed by atoms with Gasteiger partial charge in [0.2, 0.25) is 0 Å². The van der Waals surface area contributed by atoms with Crippen molar-refractivity contribution >= 4 is 11.7 Å². The number of carbonyl (C=O) groups excluding carboxylic acids is 2. The van der Waals surface area contributed by atoms with E-state index in [1.165, 1.54) is 24.3 Å². The number of ether oxygens (including phenoxy) is 1. The number of Topliss-reactive ketones (excluding diaryl/α,β-unsaturated/α-hetero) is 1. The minimum atomic E-state index is -2.90. The van der Waals surface area contributed by atoms with Crippen LogP contribution in [0.1, 0.15) is 30.6 Å². The molecule has 19 heavy (non-hydrogen) atoms. The number of ketones is 1. The molecule has 0 aliphatic carbocycles. The monoisotopic (exact) mass is 271 g/mol. The van der Waals surface area contributed by atoms with Crippen LogP contribution in [-0.2, 0) is 4.79 Å². The molecular formula is C13H15F2NO3. The van der Waals surface area contributed by atoms with Gasteiger partial charge in [0.05, 0.1) is 6.04 Å². The second-order valence-corrected chi connectivity index (χ2v) is 3.92. The summed E-state index contributed by atoms with van der Waals surface area (Å²) in [6, 6.07) is 4.68. The second kappa shape index (κ2) is 6.82. The predicted molar refractivity (Wildman–Crippen MR) is 65.3 cm³/mol. The summed E-state index contributed by atoms with van der Waals surface area (Å²) < 4.78 is 28.0. The third-order valence-electron chi connectivity index (χ3n) is 2.52. The van der Waals surface area contributed by atoms with Crippen LogP contribution in [0.5, 0.6) is 5.75 Å². The van der Waals surface area contributed by atoms with Gasteiger partial charge in [0.15, 0.2) is 5.78 Å². The van der Waals surface area contributed by atoms with Crippen molar-refractivity contribution in [2.45, 2.75) is 32.9 Å². The van der Waals surface area contributed by atoms with Crippen LogP contribution in [0.25, 0.3) is 0 Å². The molecule has 1 unspecified atom stereocenters. The Morgan fingerprint density at radius 2 is 1.84 bits per heavy atom. The summed E-state index contributed by atoms with van der Waals surface area (Å²) in [6.07, 6.45) is 0.336. The number of nitrogens with one attached hydrogen (secondary N) is 1. The quantitative estimate of drug-likeness (QED) is 0.864. The minimum absolute atomic E-state index is 0.0239. The molecule has 0 saturated heterocycles. The zero-order valence-electron chi connectivity index (χ0n) is 10.7. The lowest BCUT2D eigenvalue weighted by atomic mass is 10.1. The standard InChI is InChI=1S/C13H15F2NO3/c1-3-11(17)8(2)16-12(18)9-4-6-10(7-5-9)19-13(14)15/h4-8,13H,3H2,1-2H3,(H,16,18). The van der Waals surface area contributed by atoms with Crippen molar-refractivity contribution in [3.63, 3.8) is 0 Å². The van der Waals surface area contributed by atoms with E-state index in [1.807, 2.05) is 0 Å². The Morgan fingerprint density at radius 1 is 1.26 bits per heavy atom. The first kappa shape index (κ1) is 15.1. The van der Waals surface area contributed by atoms with Gasteiger partial charge in [0, 0.05) is 12.0 Å². The van der Waals surface area contributed by atoms with E-state index in [-0.39, 0.29) is 17.1 Å². The van der Waals surface area contributed by atoms with E-state index in [1.54, 1.807) is 13.8 Å². The van der Waals surface area contributed by atoms with Crippen LogP contribution in [0.4, 0.5) is 8.78 Å². The molecular weight excluding hydrogens is 256 g/mol. The Bertz CT molecular complexity index is 446. The lowest BCUT2D eigenvalue weighted by Crippen LogP contribution is -2.38. The van der Waals surface area contributed by atoms with Crippen LogP contribution in [0, 0.1) is 0 Å². The van der Waals surface area contributed by atoms with Gasteiger partial charge in [-0.15, -0.1) is 0 Å². The minimum Gasteiger partial charge on any atom is -0.435 e. The fraction of sp³-hybridized carbons (Fsp3) is 0.385. The number of alkyl halides is 2. The largest absolute Gasteiger partial charge is 0.435 e. The van der Waals surface area contributed by atoms with Crippen LogP contribution in [-0.4, -0.2) is 24.3 Å². The molecule has 4 nitrogen and oxygen atoms in total. The highest BCUT2D eigenvalue weighted by Crippen LogP contribution is 2.14. The highest BCUT2D eigenvalue weighted by atomic mass is 19.3. The molecule has 1 amide bonds. The van der Waals surface area contributed by atoms with Crippen molar-refractivity contribution in [2.24, 2.45) is 0 Å². The molecule has 0 bridgehead atoms. The van der Waals surface area contributed by atoms with Crippen LogP contribution < -0.4 is 10.1 Å². The number of hydrogen-bond donors (Lipinski definition) is 1. The van der Waals surface area contributed by atoms with E-state index >= 15 is 0 Å². The Hall–Kier alpha value is -1.98. The molecule has 0 heterocycles. The molecule has 1 aromatic rings. The average Bonchev–Trinajstić information content (AvgIpc) is 2.37. The zero-order valence-corrected chi connectivity index (χ0v) is 10.7. The summed E-state index contributed by atoms with van der Waals surface area (Å²) in [4.78, 5) is 23.1. The van der Waals surface area contributed by atoms with Crippen LogP contribution >= 0.6 is 0 Å². The molecule has 0 aliphatic heterocycles. The van der Waals surface area contributed by atoms with E-state index in [4.69, 9.17) is 0 Å². The number of hydrogen-bond acceptors (Lipinski definition) is 3. The van der Waals surface area contributed by atoms with Crippen LogP contribution in [0.15, 0.2) is 24.3 Å². The Balaban J connectivity index is 2.65. The van der Waals surface area contributed by atoms with Gasteiger partial charge in [-0.1, -0.05) is 6.92 Å². The van der Waals surface area contributed by atoms with Gasteiger partial charge >= 0.3 is 6.61 Å². The molecule has 1 atom stereocenters. The molecule has 1 aromatic carbocycles. The van der Waals surface area contributed by atoms with E-state index in [9.17, 15) is 18.4 Å². The molecule has 0 spiro atoms. The summed E-state index contributed by atoms with van der Waals surface area (Å²) in [5.74, 6) is -0.534. The number of rotatable bonds is 6. The molecule has 1 N–H and O–H groups in total. The first-order chi connectivity index (χ1) is 8.93. The number of benzene rings is 1. The highest BCUT2D eigenvalue weighted by molar-refractivity contribution is 5.97. The molecule has 0 aliphatic rings. The van der Waals surface area contributed by atoms with Crippen LogP contribution in [0.2, 0.25) is 0 Å². The third-order valence-corrected chi connectivity index (χ3v) is 2.52. The van der Waals surface area contributed by atoms with E-state index in [0.29, 0.717) is 6.42 Å². The lowest BCUT2D eigenvalue weighted by molar-refractivity contribution is -0.120. The predicted octanol–water partition coefficient (Wildman–Crippen LogP) is 2.39. The summed E-state index contributed by atoms with van der Waals surface area (Å²) >= 11 is 0. The van der Waals surface area contributed by atoms with Gasteiger partial charge in [-0.3, -0.25) is 9.59 Å². The molecule has 0 aromatic heterocycles. The molecule has 0 saturated carbocycles. The first-order valence-corrected chi connectivity index (χ1v) is 5.82. The van der Waals surface area contributed by atoms with E-state index < -0.39 is 18.6 Å². The topological polar surface area (TPSA) is 55.4 Å². The maximum Gasteiger partial charge on any atom is 0.387 e. The van der Waals surface area contributed by atoms with E-state index in [2.05, 4.69) is 10.1 Å². The lowest BCUT2D eigenvalue weighted by Gasteiger charge is -2.12. The van der Waals surface area contributed by atoms with Crippen molar-refractivity contribution in [1.29, 1.82) is 0 Å². The summed E-state index contributed by atoms with van der Waals surface area (Å²) in [7, 11) is 0. The van der Waals surface area contributed by atoms with Gasteiger partial charge in [-0.05, 0) is 31.2 Å². The maximum absolute atomic E-state index is 11.9. The Labute approximate surface area is 109 Å². The van der Waals surface area contributed by atoms with Gasteiger partial charge < -0.3 is 10.1 Å². The van der Waals surface area contributed by atoms with Crippen molar-refractivity contribution < 1.29 is 23.1 Å². The normalized spacial score (nSPS) is 12.1. The smallest absolute Gasteiger partial charge is 0.387 e. The van der Waals surface area contributed by atoms with E-state index in [0.717, 1.165) is 0 Å². The summed E-state index contributed by atoms with van der Waals surface area (Å²) in [6.45, 7) is 0.404. The SMILES string of the molecule is CCC(=O)C(C)NC(=O)c1ccc(OC(F)F)cc1. The van der Waals surface area contributed by atoms with Crippen molar-refractivity contribution in [1.82, 2.24) is 5.32 Å². The number of halogens is 2. The van der Waals surface area contributed by atoms with Crippen LogP contribution in [0.3, 0.4) is 0 Å². The highest BCUT2D eigenvalue weighted by Gasteiger charge is 2.15. The Morgan fingerprint density at radius 3 is 2.32 bits per heavy atom.